The molecule has 0 aromatic heterocycles. The van der Waals surface area contributed by atoms with E-state index in [2.05, 4.69) is 4.74 Å². The molecule has 1 atom stereocenters. The van der Waals surface area contributed by atoms with Gasteiger partial charge in [0.25, 0.3) is 0 Å². The van der Waals surface area contributed by atoms with Crippen LogP contribution < -0.4 is 0 Å². The molecule has 15 heavy (non-hydrogen) atoms. The van der Waals surface area contributed by atoms with Gasteiger partial charge in [-0.15, -0.1) is 0 Å². The fraction of sp³-hybridized carbons (Fsp3) is 1.00. The van der Waals surface area contributed by atoms with Gasteiger partial charge in [0.15, 0.2) is 0 Å². The van der Waals surface area contributed by atoms with Gasteiger partial charge in [0.2, 0.25) is 0 Å². The Morgan fingerprint density at radius 1 is 1.20 bits per heavy atom. The van der Waals surface area contributed by atoms with E-state index in [4.69, 9.17) is 5.11 Å². The van der Waals surface area contributed by atoms with Gasteiger partial charge >= 0.3 is 18.5 Å². The SMILES string of the molecule is CCC(O)COC(F)(F)C(F)(F)C(F)F. The average molecular weight is 240 g/mol. The van der Waals surface area contributed by atoms with E-state index in [0.29, 0.717) is 0 Å². The summed E-state index contributed by atoms with van der Waals surface area (Å²) in [6.07, 6.45) is -11.2. The van der Waals surface area contributed by atoms with Crippen LogP contribution in [0.25, 0.3) is 0 Å². The molecule has 0 radical (unpaired) electrons. The maximum absolute atomic E-state index is 12.4. The predicted octanol–water partition coefficient (Wildman–Crippen LogP) is 2.27. The molecule has 0 fully saturated rings. The minimum absolute atomic E-state index is 0.0175. The Morgan fingerprint density at radius 2 is 1.67 bits per heavy atom. The molecule has 0 saturated heterocycles. The summed E-state index contributed by atoms with van der Waals surface area (Å²) in [5, 5.41) is 8.73. The van der Waals surface area contributed by atoms with Gasteiger partial charge < -0.3 is 9.84 Å². The first-order valence-corrected chi connectivity index (χ1v) is 4.01. The number of hydrogen-bond donors (Lipinski definition) is 1. The van der Waals surface area contributed by atoms with Crippen LogP contribution in [0.1, 0.15) is 13.3 Å². The molecule has 0 amide bonds. The molecule has 1 N–H and O–H groups in total. The molecular formula is C7H10F6O2. The van der Waals surface area contributed by atoms with E-state index in [9.17, 15) is 26.3 Å². The molecule has 0 heterocycles. The highest BCUT2D eigenvalue weighted by atomic mass is 19.3. The zero-order chi connectivity index (χ0) is 12.3. The van der Waals surface area contributed by atoms with Gasteiger partial charge in [-0.05, 0) is 6.42 Å². The highest BCUT2D eigenvalue weighted by Crippen LogP contribution is 2.39. The zero-order valence-corrected chi connectivity index (χ0v) is 7.69. The Morgan fingerprint density at radius 3 is 2.00 bits per heavy atom. The summed E-state index contributed by atoms with van der Waals surface area (Å²) in [6.45, 7) is 0.253. The summed E-state index contributed by atoms with van der Waals surface area (Å²) < 4.78 is 75.5. The summed E-state index contributed by atoms with van der Waals surface area (Å²) in [6, 6.07) is 0. The van der Waals surface area contributed by atoms with Gasteiger partial charge in [0.1, 0.15) is 0 Å². The van der Waals surface area contributed by atoms with E-state index < -0.39 is 31.2 Å². The number of aliphatic hydroxyl groups is 1. The van der Waals surface area contributed by atoms with Gasteiger partial charge in [-0.3, -0.25) is 0 Å². The Labute approximate surface area is 81.8 Å². The Bertz CT molecular complexity index is 196. The summed E-state index contributed by atoms with van der Waals surface area (Å²) in [5.74, 6) is -5.57. The maximum atomic E-state index is 12.4. The second-order valence-corrected chi connectivity index (χ2v) is 2.81. The fourth-order valence-electron chi connectivity index (χ4n) is 0.542. The summed E-state index contributed by atoms with van der Waals surface area (Å²) in [4.78, 5) is 0. The van der Waals surface area contributed by atoms with Crippen molar-refractivity contribution in [2.45, 2.75) is 37.9 Å². The molecule has 0 spiro atoms. The van der Waals surface area contributed by atoms with E-state index in [1.54, 1.807) is 0 Å². The van der Waals surface area contributed by atoms with Crippen molar-refractivity contribution < 1.29 is 36.2 Å². The lowest BCUT2D eigenvalue weighted by Crippen LogP contribution is -2.49. The molecule has 0 aliphatic heterocycles. The first kappa shape index (κ1) is 14.5. The molecule has 0 aromatic rings. The molecule has 0 aromatic carbocycles. The molecule has 1 unspecified atom stereocenters. The maximum Gasteiger partial charge on any atom is 0.425 e. The third-order valence-corrected chi connectivity index (χ3v) is 1.59. The van der Waals surface area contributed by atoms with Crippen molar-refractivity contribution in [2.24, 2.45) is 0 Å². The first-order valence-electron chi connectivity index (χ1n) is 4.01. The van der Waals surface area contributed by atoms with Crippen molar-refractivity contribution >= 4 is 0 Å². The first-order chi connectivity index (χ1) is 6.65. The highest BCUT2D eigenvalue weighted by molar-refractivity contribution is 4.79. The Hall–Kier alpha value is -0.500. The summed E-state index contributed by atoms with van der Waals surface area (Å²) >= 11 is 0. The topological polar surface area (TPSA) is 29.5 Å². The second kappa shape index (κ2) is 5.02. The zero-order valence-electron chi connectivity index (χ0n) is 7.69. The van der Waals surface area contributed by atoms with E-state index in [0.717, 1.165) is 0 Å². The van der Waals surface area contributed by atoms with Gasteiger partial charge in [0.05, 0.1) is 12.7 Å². The number of ether oxygens (including phenoxy) is 1. The predicted molar refractivity (Wildman–Crippen MR) is 38.1 cm³/mol. The largest absolute Gasteiger partial charge is 0.425 e. The molecule has 0 saturated carbocycles. The molecule has 8 heteroatoms. The molecule has 0 aliphatic rings. The molecule has 0 bridgehead atoms. The minimum atomic E-state index is -5.57. The van der Waals surface area contributed by atoms with Crippen LogP contribution in [0.15, 0.2) is 0 Å². The lowest BCUT2D eigenvalue weighted by molar-refractivity contribution is -0.377. The van der Waals surface area contributed by atoms with Crippen molar-refractivity contribution in [3.8, 4) is 0 Å². The lowest BCUT2D eigenvalue weighted by atomic mass is 10.3. The van der Waals surface area contributed by atoms with Crippen LogP contribution in [-0.2, 0) is 4.74 Å². The third-order valence-electron chi connectivity index (χ3n) is 1.59. The number of hydrogen-bond acceptors (Lipinski definition) is 2. The van der Waals surface area contributed by atoms with E-state index in [1.807, 2.05) is 0 Å². The van der Waals surface area contributed by atoms with Crippen LogP contribution in [0.5, 0.6) is 0 Å². The van der Waals surface area contributed by atoms with E-state index >= 15 is 0 Å². The fourth-order valence-corrected chi connectivity index (χ4v) is 0.542. The van der Waals surface area contributed by atoms with Crippen molar-refractivity contribution in [3.05, 3.63) is 0 Å². The monoisotopic (exact) mass is 240 g/mol. The average Bonchev–Trinajstić information content (AvgIpc) is 2.13. The Balaban J connectivity index is 4.41. The molecule has 0 aliphatic carbocycles. The van der Waals surface area contributed by atoms with Crippen molar-refractivity contribution in [2.75, 3.05) is 6.61 Å². The van der Waals surface area contributed by atoms with Gasteiger partial charge in [-0.25, -0.2) is 8.78 Å². The number of rotatable bonds is 6. The van der Waals surface area contributed by atoms with E-state index in [-0.39, 0.29) is 6.42 Å². The summed E-state index contributed by atoms with van der Waals surface area (Å²) in [7, 11) is 0. The smallest absolute Gasteiger partial charge is 0.391 e. The quantitative estimate of drug-likeness (QED) is 0.721. The van der Waals surface area contributed by atoms with Crippen molar-refractivity contribution in [1.82, 2.24) is 0 Å². The molecule has 0 rings (SSSR count). The van der Waals surface area contributed by atoms with Crippen molar-refractivity contribution in [3.63, 3.8) is 0 Å². The van der Waals surface area contributed by atoms with Crippen LogP contribution >= 0.6 is 0 Å². The molecular weight excluding hydrogens is 230 g/mol. The molecule has 2 nitrogen and oxygen atoms in total. The third kappa shape index (κ3) is 3.53. The van der Waals surface area contributed by atoms with Gasteiger partial charge in [-0.2, -0.15) is 17.6 Å². The van der Waals surface area contributed by atoms with Gasteiger partial charge in [0, 0.05) is 0 Å². The summed E-state index contributed by atoms with van der Waals surface area (Å²) in [5.41, 5.74) is 0. The van der Waals surface area contributed by atoms with Crippen molar-refractivity contribution in [1.29, 1.82) is 0 Å². The highest BCUT2D eigenvalue weighted by Gasteiger charge is 2.64. The van der Waals surface area contributed by atoms with Gasteiger partial charge in [-0.1, -0.05) is 6.92 Å². The normalized spacial score (nSPS) is 15.8. The van der Waals surface area contributed by atoms with Crippen LogP contribution in [0.4, 0.5) is 26.3 Å². The van der Waals surface area contributed by atoms with Crippen LogP contribution in [0, 0.1) is 0 Å². The number of halogens is 6. The minimum Gasteiger partial charge on any atom is -0.391 e. The van der Waals surface area contributed by atoms with Crippen LogP contribution in [0.3, 0.4) is 0 Å². The molecule has 92 valence electrons. The standard InChI is InChI=1S/C7H10F6O2/c1-2-4(14)3-15-7(12,13)6(10,11)5(8)9/h4-5,14H,2-3H2,1H3. The number of alkyl halides is 6. The second-order valence-electron chi connectivity index (χ2n) is 2.81. The Kier molecular flexibility index (Phi) is 4.85. The van der Waals surface area contributed by atoms with E-state index in [1.165, 1.54) is 6.92 Å². The lowest BCUT2D eigenvalue weighted by Gasteiger charge is -2.26. The number of aliphatic hydroxyl groups excluding tert-OH is 1. The van der Waals surface area contributed by atoms with Crippen LogP contribution in [-0.4, -0.2) is 36.3 Å². The van der Waals surface area contributed by atoms with Crippen LogP contribution in [0.2, 0.25) is 0 Å².